The van der Waals surface area contributed by atoms with Gasteiger partial charge in [-0.25, -0.2) is 4.79 Å². The normalized spacial score (nSPS) is 10.5. The largest absolute Gasteiger partial charge is 0.477 e. The number of halogens is 1. The summed E-state index contributed by atoms with van der Waals surface area (Å²) in [7, 11) is 0. The molecule has 0 saturated heterocycles. The van der Waals surface area contributed by atoms with Crippen molar-refractivity contribution in [3.63, 3.8) is 0 Å². The van der Waals surface area contributed by atoms with Gasteiger partial charge >= 0.3 is 5.69 Å². The minimum Gasteiger partial charge on any atom is -0.477 e. The first-order valence-electron chi connectivity index (χ1n) is 10.6. The molecular weight excluding hydrogens is 452 g/mol. The predicted molar refractivity (Wildman–Crippen MR) is 128 cm³/mol. The number of hydrogen-bond donors (Lipinski definition) is 0. The standard InChI is InChI=1S/C26H21ClN4O3/c1-18-13-22(5-6-23(18)27)34-24-7-4-19(14-21(24)15-28)9-12-33-25-8-11-31(26(32)30-25)17-20-3-2-10-29-16-20/h2-8,10-11,13-14,16H,9,12,17H2,1H3. The second-order valence-corrected chi connectivity index (χ2v) is 8.00. The summed E-state index contributed by atoms with van der Waals surface area (Å²) in [6.07, 6.45) is 5.58. The summed E-state index contributed by atoms with van der Waals surface area (Å²) in [6.45, 7) is 2.59. The molecule has 0 saturated carbocycles. The van der Waals surface area contributed by atoms with E-state index in [1.54, 1.807) is 48.9 Å². The highest BCUT2D eigenvalue weighted by Gasteiger charge is 2.09. The number of ether oxygens (including phenoxy) is 2. The molecule has 0 amide bonds. The van der Waals surface area contributed by atoms with E-state index in [0.29, 0.717) is 41.7 Å². The molecule has 2 aromatic carbocycles. The lowest BCUT2D eigenvalue weighted by Crippen LogP contribution is -2.23. The van der Waals surface area contributed by atoms with E-state index in [0.717, 1.165) is 16.7 Å². The molecule has 0 atom stereocenters. The van der Waals surface area contributed by atoms with E-state index in [1.165, 1.54) is 4.57 Å². The summed E-state index contributed by atoms with van der Waals surface area (Å²) in [5.74, 6) is 1.33. The number of benzene rings is 2. The molecule has 2 aromatic heterocycles. The Kier molecular flexibility index (Phi) is 7.21. The molecule has 0 aliphatic rings. The molecule has 4 rings (SSSR count). The first kappa shape index (κ1) is 23.0. The van der Waals surface area contributed by atoms with Gasteiger partial charge in [-0.1, -0.05) is 23.7 Å². The van der Waals surface area contributed by atoms with Crippen LogP contribution < -0.4 is 15.2 Å². The Bertz CT molecular complexity index is 1400. The Morgan fingerprint density at radius 3 is 2.74 bits per heavy atom. The van der Waals surface area contributed by atoms with Crippen molar-refractivity contribution >= 4 is 11.6 Å². The predicted octanol–water partition coefficient (Wildman–Crippen LogP) is 4.93. The lowest BCUT2D eigenvalue weighted by Gasteiger charge is -2.11. The Morgan fingerprint density at radius 1 is 1.12 bits per heavy atom. The van der Waals surface area contributed by atoms with Gasteiger partial charge in [0.15, 0.2) is 0 Å². The van der Waals surface area contributed by atoms with Crippen LogP contribution in [0.1, 0.15) is 22.3 Å². The summed E-state index contributed by atoms with van der Waals surface area (Å²) >= 11 is 6.06. The molecule has 2 heterocycles. The maximum Gasteiger partial charge on any atom is 0.351 e. The van der Waals surface area contributed by atoms with Crippen molar-refractivity contribution in [1.29, 1.82) is 5.26 Å². The first-order valence-corrected chi connectivity index (χ1v) is 11.0. The third-order valence-electron chi connectivity index (χ3n) is 5.09. The minimum atomic E-state index is -0.396. The number of nitriles is 1. The summed E-state index contributed by atoms with van der Waals surface area (Å²) < 4.78 is 13.0. The third kappa shape index (κ3) is 5.80. The first-order chi connectivity index (χ1) is 16.5. The minimum absolute atomic E-state index is 0.256. The summed E-state index contributed by atoms with van der Waals surface area (Å²) in [5, 5.41) is 10.2. The summed E-state index contributed by atoms with van der Waals surface area (Å²) in [5.41, 5.74) is 2.73. The van der Waals surface area contributed by atoms with E-state index in [2.05, 4.69) is 16.0 Å². The van der Waals surface area contributed by atoms with Crippen LogP contribution in [0, 0.1) is 18.3 Å². The highest BCUT2D eigenvalue weighted by Crippen LogP contribution is 2.29. The van der Waals surface area contributed by atoms with Crippen LogP contribution >= 0.6 is 11.6 Å². The van der Waals surface area contributed by atoms with Crippen LogP contribution in [0.15, 0.2) is 78.0 Å². The lowest BCUT2D eigenvalue weighted by molar-refractivity contribution is 0.306. The van der Waals surface area contributed by atoms with Crippen molar-refractivity contribution in [1.82, 2.24) is 14.5 Å². The van der Waals surface area contributed by atoms with E-state index in [1.807, 2.05) is 31.2 Å². The second kappa shape index (κ2) is 10.6. The van der Waals surface area contributed by atoms with Gasteiger partial charge in [-0.15, -0.1) is 0 Å². The Morgan fingerprint density at radius 2 is 2.00 bits per heavy atom. The van der Waals surface area contributed by atoms with Crippen molar-refractivity contribution in [3.05, 3.63) is 111 Å². The van der Waals surface area contributed by atoms with Crippen LogP contribution in [-0.4, -0.2) is 21.1 Å². The molecule has 4 aromatic rings. The second-order valence-electron chi connectivity index (χ2n) is 7.59. The quantitative estimate of drug-likeness (QED) is 0.361. The molecule has 0 radical (unpaired) electrons. The smallest absolute Gasteiger partial charge is 0.351 e. The molecular formula is C26H21ClN4O3. The van der Waals surface area contributed by atoms with E-state index in [9.17, 15) is 10.1 Å². The van der Waals surface area contributed by atoms with Crippen molar-refractivity contribution in [2.45, 2.75) is 19.9 Å². The Labute approximate surface area is 201 Å². The Hall–Kier alpha value is -4.15. The topological polar surface area (TPSA) is 90.0 Å². The van der Waals surface area contributed by atoms with Gasteiger partial charge in [-0.05, 0) is 60.0 Å². The zero-order valence-electron chi connectivity index (χ0n) is 18.4. The molecule has 34 heavy (non-hydrogen) atoms. The van der Waals surface area contributed by atoms with Crippen LogP contribution in [-0.2, 0) is 13.0 Å². The van der Waals surface area contributed by atoms with Crippen LogP contribution in [0.2, 0.25) is 5.02 Å². The van der Waals surface area contributed by atoms with Crippen LogP contribution in [0.25, 0.3) is 0 Å². The fourth-order valence-electron chi connectivity index (χ4n) is 3.29. The fourth-order valence-corrected chi connectivity index (χ4v) is 3.41. The van der Waals surface area contributed by atoms with Gasteiger partial charge in [0.1, 0.15) is 17.6 Å². The van der Waals surface area contributed by atoms with Crippen molar-refractivity contribution in [3.8, 4) is 23.4 Å². The lowest BCUT2D eigenvalue weighted by atomic mass is 10.1. The van der Waals surface area contributed by atoms with Gasteiger partial charge in [-0.3, -0.25) is 9.55 Å². The molecule has 0 spiro atoms. The molecule has 0 fully saturated rings. The molecule has 0 N–H and O–H groups in total. The van der Waals surface area contributed by atoms with Gasteiger partial charge < -0.3 is 9.47 Å². The maximum absolute atomic E-state index is 12.3. The number of aryl methyl sites for hydroxylation is 1. The van der Waals surface area contributed by atoms with Crippen LogP contribution in [0.4, 0.5) is 0 Å². The van der Waals surface area contributed by atoms with Gasteiger partial charge in [0.2, 0.25) is 5.88 Å². The maximum atomic E-state index is 12.3. The van der Waals surface area contributed by atoms with Crippen molar-refractivity contribution < 1.29 is 9.47 Å². The molecule has 0 aliphatic carbocycles. The van der Waals surface area contributed by atoms with Gasteiger partial charge in [-0.2, -0.15) is 10.2 Å². The zero-order chi connectivity index (χ0) is 23.9. The zero-order valence-corrected chi connectivity index (χ0v) is 19.2. The number of rotatable bonds is 8. The monoisotopic (exact) mass is 472 g/mol. The van der Waals surface area contributed by atoms with Crippen LogP contribution in [0.3, 0.4) is 0 Å². The van der Waals surface area contributed by atoms with E-state index < -0.39 is 5.69 Å². The Balaban J connectivity index is 1.36. The fraction of sp³-hybridized carbons (Fsp3) is 0.154. The molecule has 8 heteroatoms. The average molecular weight is 473 g/mol. The highest BCUT2D eigenvalue weighted by atomic mass is 35.5. The van der Waals surface area contributed by atoms with Crippen molar-refractivity contribution in [2.24, 2.45) is 0 Å². The third-order valence-corrected chi connectivity index (χ3v) is 5.51. The molecule has 170 valence electrons. The van der Waals surface area contributed by atoms with Crippen molar-refractivity contribution in [2.75, 3.05) is 6.61 Å². The van der Waals surface area contributed by atoms with Gasteiger partial charge in [0.25, 0.3) is 0 Å². The van der Waals surface area contributed by atoms with Crippen LogP contribution in [0.5, 0.6) is 17.4 Å². The molecule has 0 unspecified atom stereocenters. The molecule has 7 nitrogen and oxygen atoms in total. The average Bonchev–Trinajstić information content (AvgIpc) is 2.84. The van der Waals surface area contributed by atoms with Gasteiger partial charge in [0.05, 0.1) is 18.7 Å². The van der Waals surface area contributed by atoms with Gasteiger partial charge in [0, 0.05) is 36.1 Å². The number of nitrogens with zero attached hydrogens (tertiary/aromatic N) is 4. The summed E-state index contributed by atoms with van der Waals surface area (Å²) in [4.78, 5) is 20.3. The number of aromatic nitrogens is 3. The summed E-state index contributed by atoms with van der Waals surface area (Å²) in [6, 6.07) is 18.3. The molecule has 0 bridgehead atoms. The SMILES string of the molecule is Cc1cc(Oc2ccc(CCOc3ccn(Cc4cccnc4)c(=O)n3)cc2C#N)ccc1Cl. The van der Waals surface area contributed by atoms with E-state index >= 15 is 0 Å². The molecule has 0 aliphatic heterocycles. The highest BCUT2D eigenvalue weighted by molar-refractivity contribution is 6.31. The number of hydrogen-bond acceptors (Lipinski definition) is 6. The van der Waals surface area contributed by atoms with E-state index in [4.69, 9.17) is 21.1 Å². The number of pyridine rings is 1. The van der Waals surface area contributed by atoms with E-state index in [-0.39, 0.29) is 5.88 Å².